The van der Waals surface area contributed by atoms with Crippen molar-refractivity contribution in [2.24, 2.45) is 5.92 Å². The molecule has 0 aliphatic rings. The monoisotopic (exact) mass is 206 g/mol. The fourth-order valence-electron chi connectivity index (χ4n) is 1.60. The molecule has 0 heterocycles. The Balaban J connectivity index is 2.87. The van der Waals surface area contributed by atoms with Gasteiger partial charge in [-0.1, -0.05) is 38.1 Å². The van der Waals surface area contributed by atoms with E-state index in [0.717, 1.165) is 12.0 Å². The molecule has 0 bridgehead atoms. The Kier molecular flexibility index (Phi) is 3.89. The normalized spacial score (nSPS) is 12.8. The molecule has 1 aromatic carbocycles. The molecule has 0 saturated carbocycles. The van der Waals surface area contributed by atoms with Crippen molar-refractivity contribution in [1.82, 2.24) is 0 Å². The maximum atomic E-state index is 10.8. The summed E-state index contributed by atoms with van der Waals surface area (Å²) in [5.41, 5.74) is 2.11. The Hall–Kier alpha value is -1.31. The van der Waals surface area contributed by atoms with Crippen molar-refractivity contribution in [2.45, 2.75) is 33.1 Å². The van der Waals surface area contributed by atoms with Gasteiger partial charge in [0.15, 0.2) is 0 Å². The van der Waals surface area contributed by atoms with Crippen molar-refractivity contribution < 1.29 is 9.90 Å². The molecular formula is C13H18O2. The van der Waals surface area contributed by atoms with Crippen LogP contribution in [0.1, 0.15) is 37.8 Å². The van der Waals surface area contributed by atoms with Gasteiger partial charge in [0.25, 0.3) is 0 Å². The fraction of sp³-hybridized carbons (Fsp3) is 0.462. The van der Waals surface area contributed by atoms with Crippen molar-refractivity contribution in [3.05, 3.63) is 35.4 Å². The van der Waals surface area contributed by atoms with Gasteiger partial charge in [0.2, 0.25) is 0 Å². The lowest BCUT2D eigenvalue weighted by Gasteiger charge is -2.10. The largest absolute Gasteiger partial charge is 0.481 e. The molecule has 0 aliphatic carbocycles. The number of carboxylic acid groups (broad SMARTS) is 1. The van der Waals surface area contributed by atoms with Crippen LogP contribution in [0.15, 0.2) is 24.3 Å². The van der Waals surface area contributed by atoms with E-state index in [2.05, 4.69) is 19.9 Å². The molecule has 0 spiro atoms. The fourth-order valence-corrected chi connectivity index (χ4v) is 1.60. The van der Waals surface area contributed by atoms with Gasteiger partial charge in [-0.3, -0.25) is 4.79 Å². The highest BCUT2D eigenvalue weighted by Gasteiger charge is 2.13. The first-order valence-electron chi connectivity index (χ1n) is 5.32. The van der Waals surface area contributed by atoms with E-state index in [9.17, 15) is 4.79 Å². The van der Waals surface area contributed by atoms with Gasteiger partial charge in [-0.15, -0.1) is 0 Å². The van der Waals surface area contributed by atoms with Gasteiger partial charge in [-0.25, -0.2) is 0 Å². The van der Waals surface area contributed by atoms with E-state index < -0.39 is 11.9 Å². The SMILES string of the molecule is CC(C)Cc1cccc([C@H](C)C(=O)O)c1. The summed E-state index contributed by atoms with van der Waals surface area (Å²) >= 11 is 0. The van der Waals surface area contributed by atoms with Gasteiger partial charge in [0, 0.05) is 0 Å². The van der Waals surface area contributed by atoms with Gasteiger partial charge in [0.1, 0.15) is 0 Å². The minimum absolute atomic E-state index is 0.419. The van der Waals surface area contributed by atoms with Crippen LogP contribution < -0.4 is 0 Å². The molecule has 2 nitrogen and oxygen atoms in total. The average Bonchev–Trinajstić information content (AvgIpc) is 2.16. The number of carbonyl (C=O) groups is 1. The van der Waals surface area contributed by atoms with Crippen LogP contribution >= 0.6 is 0 Å². The lowest BCUT2D eigenvalue weighted by molar-refractivity contribution is -0.138. The Morgan fingerprint density at radius 1 is 1.33 bits per heavy atom. The summed E-state index contributed by atoms with van der Waals surface area (Å²) in [5.74, 6) is -0.589. The molecule has 82 valence electrons. The van der Waals surface area contributed by atoms with E-state index in [4.69, 9.17) is 5.11 Å². The molecule has 1 aromatic rings. The molecule has 1 N–H and O–H groups in total. The van der Waals surface area contributed by atoms with E-state index in [0.29, 0.717) is 5.92 Å². The summed E-state index contributed by atoms with van der Waals surface area (Å²) in [7, 11) is 0. The van der Waals surface area contributed by atoms with E-state index >= 15 is 0 Å². The van der Waals surface area contributed by atoms with Crippen molar-refractivity contribution in [3.63, 3.8) is 0 Å². The Labute approximate surface area is 90.9 Å². The molecule has 0 saturated heterocycles. The van der Waals surface area contributed by atoms with Crippen molar-refractivity contribution in [3.8, 4) is 0 Å². The molecule has 0 radical (unpaired) electrons. The molecule has 1 rings (SSSR count). The molecule has 1 atom stereocenters. The van der Waals surface area contributed by atoms with Crippen molar-refractivity contribution in [1.29, 1.82) is 0 Å². The first-order valence-corrected chi connectivity index (χ1v) is 5.32. The molecule has 2 heteroatoms. The van der Waals surface area contributed by atoms with Crippen molar-refractivity contribution in [2.75, 3.05) is 0 Å². The minimum atomic E-state index is -0.767. The number of benzene rings is 1. The molecule has 0 aliphatic heterocycles. The topological polar surface area (TPSA) is 37.3 Å². The molecule has 0 unspecified atom stereocenters. The first kappa shape index (κ1) is 11.8. The molecule has 15 heavy (non-hydrogen) atoms. The zero-order valence-electron chi connectivity index (χ0n) is 9.53. The molecule has 0 aromatic heterocycles. The van der Waals surface area contributed by atoms with Crippen LogP contribution in [0, 0.1) is 5.92 Å². The summed E-state index contributed by atoms with van der Waals surface area (Å²) < 4.78 is 0. The number of rotatable bonds is 4. The number of hydrogen-bond acceptors (Lipinski definition) is 1. The van der Waals surface area contributed by atoms with Crippen LogP contribution in [0.5, 0.6) is 0 Å². The van der Waals surface area contributed by atoms with Gasteiger partial charge < -0.3 is 5.11 Å². The Bertz CT molecular complexity index is 342. The number of carboxylic acids is 1. The van der Waals surface area contributed by atoms with Crippen LogP contribution in [-0.2, 0) is 11.2 Å². The predicted molar refractivity (Wildman–Crippen MR) is 61.0 cm³/mol. The van der Waals surface area contributed by atoms with E-state index in [1.165, 1.54) is 5.56 Å². The molecule has 0 amide bonds. The third kappa shape index (κ3) is 3.39. The molecular weight excluding hydrogens is 188 g/mol. The van der Waals surface area contributed by atoms with E-state index in [1.54, 1.807) is 6.92 Å². The predicted octanol–water partition coefficient (Wildman–Crippen LogP) is 3.07. The van der Waals surface area contributed by atoms with Crippen LogP contribution in [0.25, 0.3) is 0 Å². The summed E-state index contributed by atoms with van der Waals surface area (Å²) in [6, 6.07) is 7.87. The zero-order valence-corrected chi connectivity index (χ0v) is 9.53. The summed E-state index contributed by atoms with van der Waals surface area (Å²) in [4.78, 5) is 10.8. The maximum Gasteiger partial charge on any atom is 0.310 e. The van der Waals surface area contributed by atoms with Gasteiger partial charge in [-0.05, 0) is 30.4 Å². The lowest BCUT2D eigenvalue weighted by atomic mass is 9.96. The third-order valence-electron chi connectivity index (χ3n) is 2.47. The van der Waals surface area contributed by atoms with Gasteiger partial charge in [0.05, 0.1) is 5.92 Å². The first-order chi connectivity index (χ1) is 7.00. The van der Waals surface area contributed by atoms with Crippen LogP contribution in [0.3, 0.4) is 0 Å². The smallest absolute Gasteiger partial charge is 0.310 e. The highest BCUT2D eigenvalue weighted by Crippen LogP contribution is 2.18. The molecule has 0 fully saturated rings. The third-order valence-corrected chi connectivity index (χ3v) is 2.47. The summed E-state index contributed by atoms with van der Waals surface area (Å²) in [6.45, 7) is 6.04. The second-order valence-corrected chi connectivity index (χ2v) is 4.40. The lowest BCUT2D eigenvalue weighted by Crippen LogP contribution is -2.07. The second kappa shape index (κ2) is 4.96. The number of hydrogen-bond donors (Lipinski definition) is 1. The van der Waals surface area contributed by atoms with E-state index in [1.807, 2.05) is 18.2 Å². The van der Waals surface area contributed by atoms with Gasteiger partial charge >= 0.3 is 5.97 Å². The second-order valence-electron chi connectivity index (χ2n) is 4.40. The summed E-state index contributed by atoms with van der Waals surface area (Å²) in [6.07, 6.45) is 1.00. The standard InChI is InChI=1S/C13H18O2/c1-9(2)7-11-5-4-6-12(8-11)10(3)13(14)15/h4-6,8-10H,7H2,1-3H3,(H,14,15)/t10-/m0/s1. The van der Waals surface area contributed by atoms with Crippen LogP contribution in [-0.4, -0.2) is 11.1 Å². The van der Waals surface area contributed by atoms with Crippen LogP contribution in [0.2, 0.25) is 0 Å². The Morgan fingerprint density at radius 2 is 2.00 bits per heavy atom. The van der Waals surface area contributed by atoms with Crippen LogP contribution in [0.4, 0.5) is 0 Å². The Morgan fingerprint density at radius 3 is 2.53 bits per heavy atom. The van der Waals surface area contributed by atoms with Gasteiger partial charge in [-0.2, -0.15) is 0 Å². The van der Waals surface area contributed by atoms with E-state index in [-0.39, 0.29) is 0 Å². The number of aliphatic carboxylic acids is 1. The highest BCUT2D eigenvalue weighted by atomic mass is 16.4. The quantitative estimate of drug-likeness (QED) is 0.822. The maximum absolute atomic E-state index is 10.8. The minimum Gasteiger partial charge on any atom is -0.481 e. The highest BCUT2D eigenvalue weighted by molar-refractivity contribution is 5.75. The zero-order chi connectivity index (χ0) is 11.4. The van der Waals surface area contributed by atoms with Crippen molar-refractivity contribution >= 4 is 5.97 Å². The average molecular weight is 206 g/mol. The summed E-state index contributed by atoms with van der Waals surface area (Å²) in [5, 5.41) is 8.91.